The minimum absolute atomic E-state index is 0.0598. The zero-order valence-corrected chi connectivity index (χ0v) is 15.7. The first kappa shape index (κ1) is 18.6. The Hall–Kier alpha value is -3.22. The molecular weight excluding hydrogens is 348 g/mol. The van der Waals surface area contributed by atoms with Crippen LogP contribution in [0, 0.1) is 0 Å². The molecule has 1 heterocycles. The number of phenols is 1. The summed E-state index contributed by atoms with van der Waals surface area (Å²) in [6, 6.07) is 10.2. The molecule has 27 heavy (non-hydrogen) atoms. The molecule has 0 fully saturated rings. The number of aromatic hydroxyl groups is 1. The second kappa shape index (κ2) is 7.57. The van der Waals surface area contributed by atoms with Crippen molar-refractivity contribution in [3.63, 3.8) is 0 Å². The maximum atomic E-state index is 12.1. The Morgan fingerprint density at radius 1 is 1.07 bits per heavy atom. The van der Waals surface area contributed by atoms with Gasteiger partial charge in [-0.1, -0.05) is 6.07 Å². The Bertz CT molecular complexity index is 894. The molecule has 0 bridgehead atoms. The van der Waals surface area contributed by atoms with Crippen LogP contribution in [-0.4, -0.2) is 43.1 Å². The van der Waals surface area contributed by atoms with E-state index in [1.54, 1.807) is 32.4 Å². The lowest BCUT2D eigenvalue weighted by Crippen LogP contribution is -2.24. The van der Waals surface area contributed by atoms with Gasteiger partial charge in [0.2, 0.25) is 5.91 Å². The summed E-state index contributed by atoms with van der Waals surface area (Å²) in [5, 5.41) is 16.2. The summed E-state index contributed by atoms with van der Waals surface area (Å²) in [6.45, 7) is 1.47. The molecule has 0 saturated heterocycles. The molecule has 1 atom stereocenters. The van der Waals surface area contributed by atoms with Crippen molar-refractivity contribution in [2.45, 2.75) is 19.4 Å². The van der Waals surface area contributed by atoms with Crippen LogP contribution in [0.5, 0.6) is 23.0 Å². The van der Waals surface area contributed by atoms with E-state index in [1.165, 1.54) is 25.1 Å². The molecule has 0 aromatic heterocycles. The van der Waals surface area contributed by atoms with Crippen LogP contribution in [0.15, 0.2) is 41.5 Å². The van der Waals surface area contributed by atoms with E-state index >= 15 is 0 Å². The number of phenolic OH excluding ortho intramolecular Hbond substituents is 1. The Balaban J connectivity index is 1.96. The zero-order valence-electron chi connectivity index (χ0n) is 15.7. The second-order valence-corrected chi connectivity index (χ2v) is 6.13. The zero-order chi connectivity index (χ0) is 19.6. The average molecular weight is 370 g/mol. The van der Waals surface area contributed by atoms with E-state index in [-0.39, 0.29) is 17.7 Å². The lowest BCUT2D eigenvalue weighted by Gasteiger charge is -2.21. The maximum absolute atomic E-state index is 12.1. The van der Waals surface area contributed by atoms with Gasteiger partial charge in [-0.3, -0.25) is 4.79 Å². The molecule has 2 aromatic carbocycles. The fraction of sp³-hybridized carbons (Fsp3) is 0.300. The van der Waals surface area contributed by atoms with Gasteiger partial charge in [-0.2, -0.15) is 5.10 Å². The highest BCUT2D eigenvalue weighted by atomic mass is 16.5. The van der Waals surface area contributed by atoms with Crippen LogP contribution in [0.2, 0.25) is 0 Å². The van der Waals surface area contributed by atoms with Gasteiger partial charge in [-0.15, -0.1) is 0 Å². The molecule has 7 heteroatoms. The Morgan fingerprint density at radius 3 is 2.41 bits per heavy atom. The second-order valence-electron chi connectivity index (χ2n) is 6.13. The first-order valence-corrected chi connectivity index (χ1v) is 8.45. The third-order valence-electron chi connectivity index (χ3n) is 4.54. The summed E-state index contributed by atoms with van der Waals surface area (Å²) in [5.41, 5.74) is 2.07. The predicted octanol–water partition coefficient (Wildman–Crippen LogP) is 3.12. The highest BCUT2D eigenvalue weighted by Gasteiger charge is 2.32. The molecular formula is C20H22N2O5. The van der Waals surface area contributed by atoms with Crippen LogP contribution in [0.25, 0.3) is 0 Å². The smallest absolute Gasteiger partial charge is 0.240 e. The highest BCUT2D eigenvalue weighted by Crippen LogP contribution is 2.38. The van der Waals surface area contributed by atoms with Crippen LogP contribution in [0.4, 0.5) is 0 Å². The molecule has 142 valence electrons. The quantitative estimate of drug-likeness (QED) is 0.875. The lowest BCUT2D eigenvalue weighted by atomic mass is 9.97. The summed E-state index contributed by atoms with van der Waals surface area (Å²) < 4.78 is 15.8. The minimum atomic E-state index is -0.293. The van der Waals surface area contributed by atoms with Crippen LogP contribution in [0.1, 0.15) is 30.5 Å². The molecule has 1 amide bonds. The van der Waals surface area contributed by atoms with Gasteiger partial charge in [-0.25, -0.2) is 5.01 Å². The van der Waals surface area contributed by atoms with Crippen molar-refractivity contribution in [2.75, 3.05) is 21.3 Å². The van der Waals surface area contributed by atoms with Gasteiger partial charge >= 0.3 is 0 Å². The molecule has 0 unspecified atom stereocenters. The van der Waals surface area contributed by atoms with Gasteiger partial charge in [-0.05, 0) is 29.8 Å². The van der Waals surface area contributed by atoms with E-state index in [0.29, 0.717) is 34.9 Å². The SMILES string of the molecule is COc1ccc(C2=NN(C(C)=O)[C@@H](c3ccc(OC)c(OC)c3)C2)c(O)c1. The number of hydrazone groups is 1. The molecule has 1 aliphatic heterocycles. The summed E-state index contributed by atoms with van der Waals surface area (Å²) in [4.78, 5) is 12.1. The number of ether oxygens (including phenoxy) is 3. The largest absolute Gasteiger partial charge is 0.507 e. The fourth-order valence-corrected chi connectivity index (χ4v) is 3.17. The predicted molar refractivity (Wildman–Crippen MR) is 101 cm³/mol. The van der Waals surface area contributed by atoms with Gasteiger partial charge in [0.25, 0.3) is 0 Å². The van der Waals surface area contributed by atoms with Crippen molar-refractivity contribution in [1.82, 2.24) is 5.01 Å². The number of methoxy groups -OCH3 is 3. The van der Waals surface area contributed by atoms with E-state index in [0.717, 1.165) is 5.56 Å². The van der Waals surface area contributed by atoms with Gasteiger partial charge < -0.3 is 19.3 Å². The number of rotatable bonds is 5. The number of carbonyl (C=O) groups is 1. The average Bonchev–Trinajstić information content (AvgIpc) is 3.12. The summed E-state index contributed by atoms with van der Waals surface area (Å²) >= 11 is 0. The monoisotopic (exact) mass is 370 g/mol. The van der Waals surface area contributed by atoms with Crippen LogP contribution in [-0.2, 0) is 4.79 Å². The third-order valence-corrected chi connectivity index (χ3v) is 4.54. The first-order chi connectivity index (χ1) is 13.0. The maximum Gasteiger partial charge on any atom is 0.240 e. The number of nitrogens with zero attached hydrogens (tertiary/aromatic N) is 2. The lowest BCUT2D eigenvalue weighted by molar-refractivity contribution is -0.130. The van der Waals surface area contributed by atoms with Gasteiger partial charge in [0.05, 0.1) is 33.1 Å². The molecule has 0 saturated carbocycles. The van der Waals surface area contributed by atoms with Crippen molar-refractivity contribution in [2.24, 2.45) is 5.10 Å². The fourth-order valence-electron chi connectivity index (χ4n) is 3.17. The van der Waals surface area contributed by atoms with E-state index in [9.17, 15) is 9.90 Å². The molecule has 1 N–H and O–H groups in total. The number of hydrogen-bond acceptors (Lipinski definition) is 6. The normalized spacial score (nSPS) is 16.1. The summed E-state index contributed by atoms with van der Waals surface area (Å²) in [6.07, 6.45) is 0.467. The van der Waals surface area contributed by atoms with Crippen molar-refractivity contribution < 1.29 is 24.1 Å². The Kier molecular flexibility index (Phi) is 5.21. The molecule has 1 aliphatic rings. The van der Waals surface area contributed by atoms with Crippen LogP contribution < -0.4 is 14.2 Å². The van der Waals surface area contributed by atoms with Gasteiger partial charge in [0.15, 0.2) is 11.5 Å². The number of hydrogen-bond donors (Lipinski definition) is 1. The minimum Gasteiger partial charge on any atom is -0.507 e. The molecule has 0 radical (unpaired) electrons. The topological polar surface area (TPSA) is 80.6 Å². The van der Waals surface area contributed by atoms with Crippen LogP contribution >= 0.6 is 0 Å². The molecule has 7 nitrogen and oxygen atoms in total. The number of benzene rings is 2. The first-order valence-electron chi connectivity index (χ1n) is 8.45. The van der Waals surface area contributed by atoms with Crippen LogP contribution in [0.3, 0.4) is 0 Å². The number of amides is 1. The molecule has 0 spiro atoms. The Morgan fingerprint density at radius 2 is 1.81 bits per heavy atom. The van der Waals surface area contributed by atoms with Gasteiger partial charge in [0.1, 0.15) is 11.5 Å². The van der Waals surface area contributed by atoms with Crippen molar-refractivity contribution in [3.8, 4) is 23.0 Å². The van der Waals surface area contributed by atoms with Gasteiger partial charge in [0, 0.05) is 25.0 Å². The van der Waals surface area contributed by atoms with E-state index in [4.69, 9.17) is 14.2 Å². The Labute approximate surface area is 157 Å². The van der Waals surface area contributed by atoms with Crippen molar-refractivity contribution in [1.29, 1.82) is 0 Å². The molecule has 0 aliphatic carbocycles. The highest BCUT2D eigenvalue weighted by molar-refractivity contribution is 6.05. The summed E-state index contributed by atoms with van der Waals surface area (Å²) in [7, 11) is 4.67. The van der Waals surface area contributed by atoms with Crippen molar-refractivity contribution in [3.05, 3.63) is 47.5 Å². The van der Waals surface area contributed by atoms with E-state index in [1.807, 2.05) is 12.1 Å². The number of carbonyl (C=O) groups excluding carboxylic acids is 1. The molecule has 3 rings (SSSR count). The standard InChI is InChI=1S/C20H22N2O5/c1-12(23)22-17(13-5-8-19(26-3)20(9-13)27-4)11-16(21-22)15-7-6-14(25-2)10-18(15)24/h5-10,17,24H,11H2,1-4H3/t17-/m1/s1. The third kappa shape index (κ3) is 3.53. The van der Waals surface area contributed by atoms with E-state index in [2.05, 4.69) is 5.10 Å². The summed E-state index contributed by atoms with van der Waals surface area (Å²) in [5.74, 6) is 1.62. The van der Waals surface area contributed by atoms with Crippen molar-refractivity contribution >= 4 is 11.6 Å². The van der Waals surface area contributed by atoms with E-state index < -0.39 is 0 Å². The molecule has 2 aromatic rings.